The third-order valence-corrected chi connectivity index (χ3v) is 5.83. The van der Waals surface area contributed by atoms with Gasteiger partial charge in [-0.25, -0.2) is 9.18 Å². The largest absolute Gasteiger partial charge is 0.442 e. The van der Waals surface area contributed by atoms with Gasteiger partial charge in [0, 0.05) is 25.6 Å². The van der Waals surface area contributed by atoms with E-state index in [0.29, 0.717) is 29.9 Å². The Balaban J connectivity index is 1.37. The number of hydrogen-bond donors (Lipinski definition) is 3. The fourth-order valence-electron chi connectivity index (χ4n) is 3.95. The zero-order valence-corrected chi connectivity index (χ0v) is 19.4. The van der Waals surface area contributed by atoms with Crippen LogP contribution in [0.4, 0.5) is 14.9 Å². The molecule has 1 saturated heterocycles. The molecular formula is C27H28FN3O4. The van der Waals surface area contributed by atoms with Gasteiger partial charge < -0.3 is 20.5 Å². The number of rotatable bonds is 9. The van der Waals surface area contributed by atoms with Crippen LogP contribution in [-0.2, 0) is 16.1 Å². The van der Waals surface area contributed by atoms with Crippen LogP contribution < -0.4 is 15.5 Å². The van der Waals surface area contributed by atoms with E-state index in [1.54, 1.807) is 36.4 Å². The van der Waals surface area contributed by atoms with Crippen molar-refractivity contribution in [1.29, 1.82) is 0 Å². The highest BCUT2D eigenvalue weighted by Crippen LogP contribution is 2.30. The first-order valence-electron chi connectivity index (χ1n) is 11.5. The maximum absolute atomic E-state index is 15.0. The minimum absolute atomic E-state index is 0.206. The van der Waals surface area contributed by atoms with Crippen LogP contribution in [0.3, 0.4) is 0 Å². The Labute approximate surface area is 203 Å². The van der Waals surface area contributed by atoms with E-state index in [0.717, 1.165) is 11.1 Å². The lowest BCUT2D eigenvalue weighted by Crippen LogP contribution is -2.33. The van der Waals surface area contributed by atoms with E-state index < -0.39 is 24.1 Å². The van der Waals surface area contributed by atoms with Crippen LogP contribution in [0.25, 0.3) is 11.1 Å². The van der Waals surface area contributed by atoms with Crippen molar-refractivity contribution in [2.45, 2.75) is 25.7 Å². The number of aliphatic hydroxyl groups excluding tert-OH is 1. The Bertz CT molecular complexity index is 1170. The molecule has 1 aliphatic heterocycles. The summed E-state index contributed by atoms with van der Waals surface area (Å²) in [6, 6.07) is 21.6. The van der Waals surface area contributed by atoms with Crippen LogP contribution in [0.5, 0.6) is 0 Å². The minimum Gasteiger partial charge on any atom is -0.442 e. The fraction of sp³-hybridized carbons (Fsp3) is 0.259. The Kier molecular flexibility index (Phi) is 7.74. The van der Waals surface area contributed by atoms with E-state index in [9.17, 15) is 19.1 Å². The van der Waals surface area contributed by atoms with Crippen molar-refractivity contribution in [3.8, 4) is 11.1 Å². The van der Waals surface area contributed by atoms with Crippen molar-refractivity contribution < 1.29 is 23.8 Å². The minimum atomic E-state index is -0.688. The van der Waals surface area contributed by atoms with Gasteiger partial charge in [0.25, 0.3) is 0 Å². The average Bonchev–Trinajstić information content (AvgIpc) is 3.24. The average molecular weight is 478 g/mol. The Morgan fingerprint density at radius 2 is 1.89 bits per heavy atom. The number of benzene rings is 3. The van der Waals surface area contributed by atoms with Crippen molar-refractivity contribution in [2.24, 2.45) is 0 Å². The number of amides is 2. The van der Waals surface area contributed by atoms with E-state index in [-0.39, 0.29) is 19.0 Å². The van der Waals surface area contributed by atoms with E-state index in [2.05, 4.69) is 10.6 Å². The predicted octanol–water partition coefficient (Wildman–Crippen LogP) is 3.78. The molecule has 0 spiro atoms. The van der Waals surface area contributed by atoms with Gasteiger partial charge in [0.05, 0.1) is 24.9 Å². The summed E-state index contributed by atoms with van der Waals surface area (Å²) in [5.74, 6) is -0.685. The van der Waals surface area contributed by atoms with Crippen LogP contribution in [0.15, 0.2) is 72.8 Å². The van der Waals surface area contributed by atoms with E-state index >= 15 is 0 Å². The van der Waals surface area contributed by atoms with Gasteiger partial charge >= 0.3 is 6.09 Å². The fourth-order valence-corrected chi connectivity index (χ4v) is 3.95. The first kappa shape index (κ1) is 24.4. The summed E-state index contributed by atoms with van der Waals surface area (Å²) in [6.07, 6.45) is -1.76. The van der Waals surface area contributed by atoms with Crippen molar-refractivity contribution in [2.75, 3.05) is 24.5 Å². The number of aliphatic hydroxyl groups is 1. The van der Waals surface area contributed by atoms with Crippen LogP contribution in [-0.4, -0.2) is 42.8 Å². The van der Waals surface area contributed by atoms with Gasteiger partial charge in [-0.05, 0) is 34.9 Å². The Morgan fingerprint density at radius 3 is 2.57 bits per heavy atom. The number of cyclic esters (lactones) is 1. The molecule has 0 bridgehead atoms. The molecule has 3 N–H and O–H groups in total. The van der Waals surface area contributed by atoms with Crippen molar-refractivity contribution in [3.63, 3.8) is 0 Å². The molecule has 8 heteroatoms. The van der Waals surface area contributed by atoms with Gasteiger partial charge in [-0.1, -0.05) is 54.6 Å². The number of nitrogens with zero attached hydrogens (tertiary/aromatic N) is 1. The van der Waals surface area contributed by atoms with Crippen LogP contribution >= 0.6 is 0 Å². The van der Waals surface area contributed by atoms with Gasteiger partial charge in [-0.2, -0.15) is 0 Å². The Hall–Kier alpha value is -3.75. The number of ether oxygens (including phenoxy) is 1. The first-order valence-corrected chi connectivity index (χ1v) is 11.5. The Morgan fingerprint density at radius 1 is 1.14 bits per heavy atom. The number of hydrogen-bond acceptors (Lipinski definition) is 5. The maximum atomic E-state index is 15.0. The third-order valence-electron chi connectivity index (χ3n) is 5.83. The van der Waals surface area contributed by atoms with Gasteiger partial charge in [-0.3, -0.25) is 9.69 Å². The first-order chi connectivity index (χ1) is 16.9. The summed E-state index contributed by atoms with van der Waals surface area (Å²) >= 11 is 0. The molecule has 4 rings (SSSR count). The molecule has 1 fully saturated rings. The maximum Gasteiger partial charge on any atom is 0.414 e. The SMILES string of the molecule is CC(=O)NCC1CN(c2ccc(-c3ccc([C@H](O)CNCc4ccccc4)cc3)c(F)c2)C(=O)O1. The van der Waals surface area contributed by atoms with Crippen molar-refractivity contribution in [3.05, 3.63) is 89.7 Å². The second-order valence-electron chi connectivity index (χ2n) is 8.47. The highest BCUT2D eigenvalue weighted by atomic mass is 19.1. The van der Waals surface area contributed by atoms with Gasteiger partial charge in [0.1, 0.15) is 11.9 Å². The normalized spacial score (nSPS) is 16.1. The van der Waals surface area contributed by atoms with Gasteiger partial charge in [0.15, 0.2) is 0 Å². The molecule has 0 radical (unpaired) electrons. The van der Waals surface area contributed by atoms with E-state index in [1.165, 1.54) is 17.9 Å². The molecule has 1 aliphatic rings. The number of anilines is 1. The van der Waals surface area contributed by atoms with Gasteiger partial charge in [0.2, 0.25) is 5.91 Å². The summed E-state index contributed by atoms with van der Waals surface area (Å²) in [4.78, 5) is 24.6. The zero-order valence-electron chi connectivity index (χ0n) is 19.4. The molecule has 0 aliphatic carbocycles. The number of carbonyl (C=O) groups excluding carboxylic acids is 2. The molecule has 3 aromatic carbocycles. The topological polar surface area (TPSA) is 90.9 Å². The zero-order chi connectivity index (χ0) is 24.8. The molecule has 0 saturated carbocycles. The van der Waals surface area contributed by atoms with Crippen molar-refractivity contribution in [1.82, 2.24) is 10.6 Å². The molecule has 2 atom stereocenters. The molecule has 182 valence electrons. The monoisotopic (exact) mass is 477 g/mol. The molecular weight excluding hydrogens is 449 g/mol. The highest BCUT2D eigenvalue weighted by molar-refractivity contribution is 5.90. The summed E-state index contributed by atoms with van der Waals surface area (Å²) in [5, 5.41) is 16.3. The lowest BCUT2D eigenvalue weighted by Gasteiger charge is -2.15. The molecule has 1 heterocycles. The lowest BCUT2D eigenvalue weighted by molar-refractivity contribution is -0.119. The van der Waals surface area contributed by atoms with E-state index in [4.69, 9.17) is 4.74 Å². The highest BCUT2D eigenvalue weighted by Gasteiger charge is 2.32. The number of carbonyl (C=O) groups is 2. The van der Waals surface area contributed by atoms with E-state index in [1.807, 2.05) is 30.3 Å². The number of halogens is 1. The molecule has 1 unspecified atom stereocenters. The van der Waals surface area contributed by atoms with Crippen LogP contribution in [0.2, 0.25) is 0 Å². The smallest absolute Gasteiger partial charge is 0.414 e. The van der Waals surface area contributed by atoms with Crippen molar-refractivity contribution >= 4 is 17.7 Å². The molecule has 0 aromatic heterocycles. The van der Waals surface area contributed by atoms with Gasteiger partial charge in [-0.15, -0.1) is 0 Å². The second-order valence-corrected chi connectivity index (χ2v) is 8.47. The molecule has 2 amide bonds. The quantitative estimate of drug-likeness (QED) is 0.436. The summed E-state index contributed by atoms with van der Waals surface area (Å²) in [7, 11) is 0. The molecule has 35 heavy (non-hydrogen) atoms. The summed E-state index contributed by atoms with van der Waals surface area (Å²) in [6.45, 7) is 2.87. The predicted molar refractivity (Wildman–Crippen MR) is 131 cm³/mol. The lowest BCUT2D eigenvalue weighted by atomic mass is 10.0. The van der Waals surface area contributed by atoms with Crippen LogP contribution in [0, 0.1) is 5.82 Å². The third kappa shape index (κ3) is 6.23. The number of nitrogens with one attached hydrogen (secondary N) is 2. The molecule has 3 aromatic rings. The molecule has 7 nitrogen and oxygen atoms in total. The summed E-state index contributed by atoms with van der Waals surface area (Å²) < 4.78 is 20.2. The summed E-state index contributed by atoms with van der Waals surface area (Å²) in [5.41, 5.74) is 3.31. The standard InChI is InChI=1S/C27H28FN3O4/c1-18(32)30-15-23-17-31(27(34)35-23)22-11-12-24(25(28)13-22)20-7-9-21(10-8-20)26(33)16-29-14-19-5-3-2-4-6-19/h2-13,23,26,29,33H,14-17H2,1H3,(H,30,32)/t23?,26-/m1/s1. The van der Waals surface area contributed by atoms with Crippen LogP contribution in [0.1, 0.15) is 24.2 Å². The second kappa shape index (κ2) is 11.1.